The monoisotopic (exact) mass is 324 g/mol. The minimum absolute atomic E-state index is 0.157. The first-order chi connectivity index (χ1) is 10.1. The van der Waals surface area contributed by atoms with Gasteiger partial charge in [0.1, 0.15) is 5.82 Å². The zero-order chi connectivity index (χ0) is 15.2. The Bertz CT molecular complexity index is 631. The number of nitrogen functional groups attached to an aromatic ring is 1. The van der Waals surface area contributed by atoms with Crippen LogP contribution < -0.4 is 11.1 Å². The number of nitrogens with two attached hydrogens (primary N) is 1. The van der Waals surface area contributed by atoms with E-state index < -0.39 is 0 Å². The summed E-state index contributed by atoms with van der Waals surface area (Å²) in [6.07, 6.45) is 0. The van der Waals surface area contributed by atoms with Gasteiger partial charge in [0.15, 0.2) is 0 Å². The van der Waals surface area contributed by atoms with E-state index in [1.165, 1.54) is 17.8 Å². The predicted octanol–water partition coefficient (Wildman–Crippen LogP) is 3.47. The van der Waals surface area contributed by atoms with Gasteiger partial charge in [0, 0.05) is 22.7 Å². The Hall–Kier alpha value is -1.72. The average molecular weight is 325 g/mol. The normalized spacial score (nSPS) is 10.4. The first-order valence-electron chi connectivity index (χ1n) is 6.25. The third-order valence-corrected chi connectivity index (χ3v) is 4.36. The maximum atomic E-state index is 13.4. The fourth-order valence-corrected chi connectivity index (χ4v) is 2.87. The standard InChI is InChI=1S/C15H14ClFN2OS/c16-11-5-3-7-13(18)15(11)21-9-14(20)19-8-10-4-1-2-6-12(10)17/h1-7H,8-9,18H2,(H,19,20). The van der Waals surface area contributed by atoms with E-state index in [0.29, 0.717) is 21.2 Å². The molecular weight excluding hydrogens is 311 g/mol. The second kappa shape index (κ2) is 7.33. The van der Waals surface area contributed by atoms with Crippen molar-refractivity contribution in [1.29, 1.82) is 0 Å². The number of hydrogen-bond acceptors (Lipinski definition) is 3. The Balaban J connectivity index is 1.87. The summed E-state index contributed by atoms with van der Waals surface area (Å²) in [5.74, 6) is -0.370. The highest BCUT2D eigenvalue weighted by atomic mass is 35.5. The molecule has 2 aromatic rings. The maximum Gasteiger partial charge on any atom is 0.230 e. The lowest BCUT2D eigenvalue weighted by Gasteiger charge is -2.08. The number of carbonyl (C=O) groups is 1. The van der Waals surface area contributed by atoms with Crippen molar-refractivity contribution < 1.29 is 9.18 Å². The molecule has 21 heavy (non-hydrogen) atoms. The lowest BCUT2D eigenvalue weighted by atomic mass is 10.2. The van der Waals surface area contributed by atoms with Crippen molar-refractivity contribution in [2.75, 3.05) is 11.5 Å². The molecule has 1 amide bonds. The Morgan fingerprint density at radius 3 is 2.71 bits per heavy atom. The average Bonchev–Trinajstić information content (AvgIpc) is 2.46. The summed E-state index contributed by atoms with van der Waals surface area (Å²) in [5.41, 5.74) is 6.79. The molecule has 0 aromatic heterocycles. The second-order valence-corrected chi connectivity index (χ2v) is 5.71. The Kier molecular flexibility index (Phi) is 5.47. The van der Waals surface area contributed by atoms with Gasteiger partial charge in [-0.3, -0.25) is 4.79 Å². The minimum Gasteiger partial charge on any atom is -0.398 e. The molecule has 0 radical (unpaired) electrons. The molecular formula is C15H14ClFN2OS. The fourth-order valence-electron chi connectivity index (χ4n) is 1.70. The van der Waals surface area contributed by atoms with Gasteiger partial charge in [-0.15, -0.1) is 11.8 Å². The number of halogens is 2. The lowest BCUT2D eigenvalue weighted by molar-refractivity contribution is -0.118. The molecule has 0 fully saturated rings. The van der Waals surface area contributed by atoms with E-state index >= 15 is 0 Å². The molecule has 0 bridgehead atoms. The molecule has 0 saturated heterocycles. The van der Waals surface area contributed by atoms with Gasteiger partial charge in [0.05, 0.1) is 10.8 Å². The van der Waals surface area contributed by atoms with Crippen LogP contribution in [0.3, 0.4) is 0 Å². The van der Waals surface area contributed by atoms with Crippen molar-refractivity contribution in [3.8, 4) is 0 Å². The Morgan fingerprint density at radius 2 is 2.00 bits per heavy atom. The summed E-state index contributed by atoms with van der Waals surface area (Å²) in [6.45, 7) is 0.157. The van der Waals surface area contributed by atoms with Gasteiger partial charge in [-0.1, -0.05) is 35.9 Å². The zero-order valence-corrected chi connectivity index (χ0v) is 12.7. The molecule has 0 atom stereocenters. The highest BCUT2D eigenvalue weighted by Crippen LogP contribution is 2.32. The molecule has 6 heteroatoms. The van der Waals surface area contributed by atoms with Gasteiger partial charge in [0.2, 0.25) is 5.91 Å². The number of benzene rings is 2. The number of hydrogen-bond donors (Lipinski definition) is 2. The van der Waals surface area contributed by atoms with Crippen LogP contribution in [-0.2, 0) is 11.3 Å². The van der Waals surface area contributed by atoms with Crippen molar-refractivity contribution in [2.24, 2.45) is 0 Å². The van der Waals surface area contributed by atoms with E-state index in [4.69, 9.17) is 17.3 Å². The molecule has 0 aliphatic rings. The van der Waals surface area contributed by atoms with Crippen LogP contribution >= 0.6 is 23.4 Å². The van der Waals surface area contributed by atoms with Crippen LogP contribution in [0, 0.1) is 5.82 Å². The largest absolute Gasteiger partial charge is 0.398 e. The summed E-state index contributed by atoms with van der Waals surface area (Å²) < 4.78 is 13.4. The summed E-state index contributed by atoms with van der Waals surface area (Å²) in [5, 5.41) is 3.18. The van der Waals surface area contributed by atoms with E-state index in [0.717, 1.165) is 0 Å². The molecule has 0 unspecified atom stereocenters. The molecule has 0 aliphatic heterocycles. The summed E-state index contributed by atoms with van der Waals surface area (Å²) in [6, 6.07) is 11.5. The number of rotatable bonds is 5. The first-order valence-corrected chi connectivity index (χ1v) is 7.61. The number of anilines is 1. The Labute approximate surface area is 131 Å². The molecule has 0 aliphatic carbocycles. The molecule has 110 valence electrons. The minimum atomic E-state index is -0.333. The van der Waals surface area contributed by atoms with Crippen molar-refractivity contribution in [2.45, 2.75) is 11.4 Å². The van der Waals surface area contributed by atoms with E-state index in [2.05, 4.69) is 5.32 Å². The molecule has 0 spiro atoms. The van der Waals surface area contributed by atoms with E-state index in [1.54, 1.807) is 36.4 Å². The van der Waals surface area contributed by atoms with Gasteiger partial charge < -0.3 is 11.1 Å². The van der Waals surface area contributed by atoms with Gasteiger partial charge >= 0.3 is 0 Å². The summed E-state index contributed by atoms with van der Waals surface area (Å²) in [4.78, 5) is 12.5. The van der Waals surface area contributed by atoms with Gasteiger partial charge in [-0.05, 0) is 18.2 Å². The van der Waals surface area contributed by atoms with E-state index in [9.17, 15) is 9.18 Å². The predicted molar refractivity (Wildman–Crippen MR) is 84.8 cm³/mol. The van der Waals surface area contributed by atoms with Crippen LogP contribution in [0.5, 0.6) is 0 Å². The number of thioether (sulfide) groups is 1. The van der Waals surface area contributed by atoms with Crippen molar-refractivity contribution >= 4 is 35.0 Å². The van der Waals surface area contributed by atoms with Crippen LogP contribution in [0.25, 0.3) is 0 Å². The van der Waals surface area contributed by atoms with Gasteiger partial charge in [-0.2, -0.15) is 0 Å². The first kappa shape index (κ1) is 15.7. The molecule has 2 aromatic carbocycles. The highest BCUT2D eigenvalue weighted by Gasteiger charge is 2.09. The van der Waals surface area contributed by atoms with E-state index in [1.807, 2.05) is 0 Å². The molecule has 0 heterocycles. The van der Waals surface area contributed by atoms with Crippen LogP contribution in [0.2, 0.25) is 5.02 Å². The van der Waals surface area contributed by atoms with Crippen molar-refractivity contribution in [3.63, 3.8) is 0 Å². The summed E-state index contributed by atoms with van der Waals surface area (Å²) in [7, 11) is 0. The van der Waals surface area contributed by atoms with Crippen LogP contribution in [0.15, 0.2) is 47.4 Å². The molecule has 3 N–H and O–H groups in total. The smallest absolute Gasteiger partial charge is 0.230 e. The van der Waals surface area contributed by atoms with Crippen molar-refractivity contribution in [1.82, 2.24) is 5.32 Å². The third-order valence-electron chi connectivity index (χ3n) is 2.78. The SMILES string of the molecule is Nc1cccc(Cl)c1SCC(=O)NCc1ccccc1F. The van der Waals surface area contributed by atoms with E-state index in [-0.39, 0.29) is 24.0 Å². The highest BCUT2D eigenvalue weighted by molar-refractivity contribution is 8.00. The lowest BCUT2D eigenvalue weighted by Crippen LogP contribution is -2.25. The fraction of sp³-hybridized carbons (Fsp3) is 0.133. The molecule has 3 nitrogen and oxygen atoms in total. The van der Waals surface area contributed by atoms with Crippen molar-refractivity contribution in [3.05, 3.63) is 58.9 Å². The summed E-state index contributed by atoms with van der Waals surface area (Å²) >= 11 is 7.28. The molecule has 0 saturated carbocycles. The van der Waals surface area contributed by atoms with Crippen LogP contribution in [0.1, 0.15) is 5.56 Å². The quantitative estimate of drug-likeness (QED) is 0.654. The number of carbonyl (C=O) groups excluding carboxylic acids is 1. The zero-order valence-electron chi connectivity index (χ0n) is 11.1. The molecule has 2 rings (SSSR count). The number of nitrogens with one attached hydrogen (secondary N) is 1. The topological polar surface area (TPSA) is 55.1 Å². The van der Waals surface area contributed by atoms with Crippen LogP contribution in [0.4, 0.5) is 10.1 Å². The maximum absolute atomic E-state index is 13.4. The second-order valence-electron chi connectivity index (χ2n) is 4.32. The third kappa shape index (κ3) is 4.37. The Morgan fingerprint density at radius 1 is 1.24 bits per heavy atom. The number of amides is 1. The van der Waals surface area contributed by atoms with Crippen LogP contribution in [-0.4, -0.2) is 11.7 Å². The van der Waals surface area contributed by atoms with Gasteiger partial charge in [0.25, 0.3) is 0 Å². The van der Waals surface area contributed by atoms with Gasteiger partial charge in [-0.25, -0.2) is 4.39 Å².